The molecule has 1 heterocycles. The van der Waals surface area contributed by atoms with Crippen molar-refractivity contribution >= 4 is 23.4 Å². The van der Waals surface area contributed by atoms with Gasteiger partial charge in [-0.3, -0.25) is 4.99 Å². The summed E-state index contributed by atoms with van der Waals surface area (Å²) in [6.45, 7) is 6.07. The Bertz CT molecular complexity index is 481. The molecule has 3 nitrogen and oxygen atoms in total. The Balaban J connectivity index is 2.22. The summed E-state index contributed by atoms with van der Waals surface area (Å²) in [7, 11) is 0. The van der Waals surface area contributed by atoms with Crippen LogP contribution in [0, 0.1) is 6.92 Å². The zero-order chi connectivity index (χ0) is 13.2. The van der Waals surface area contributed by atoms with Crippen molar-refractivity contribution in [2.75, 3.05) is 12.4 Å². The van der Waals surface area contributed by atoms with Crippen molar-refractivity contribution in [2.45, 2.75) is 25.6 Å². The highest BCUT2D eigenvalue weighted by Crippen LogP contribution is 2.35. The van der Waals surface area contributed by atoms with Gasteiger partial charge >= 0.3 is 5.97 Å². The molecule has 0 amide bonds. The summed E-state index contributed by atoms with van der Waals surface area (Å²) in [6, 6.07) is 8.21. The quantitative estimate of drug-likeness (QED) is 0.787. The van der Waals surface area contributed by atoms with Gasteiger partial charge in [0, 0.05) is 5.75 Å². The average Bonchev–Trinajstić information content (AvgIpc) is 2.75. The summed E-state index contributed by atoms with van der Waals surface area (Å²) in [4.78, 5) is 15.6. The van der Waals surface area contributed by atoms with Gasteiger partial charge in [-0.2, -0.15) is 0 Å². The number of nitrogens with zero attached hydrogens (tertiary/aromatic N) is 1. The van der Waals surface area contributed by atoms with Gasteiger partial charge in [-0.15, -0.1) is 11.8 Å². The van der Waals surface area contributed by atoms with Gasteiger partial charge in [0.25, 0.3) is 0 Å². The van der Waals surface area contributed by atoms with E-state index in [1.165, 1.54) is 17.3 Å². The maximum Gasteiger partial charge on any atom is 0.344 e. The molecule has 4 heteroatoms. The van der Waals surface area contributed by atoms with E-state index < -0.39 is 4.87 Å². The molecule has 96 valence electrons. The molecule has 0 N–H and O–H groups in total. The molecule has 0 spiro atoms. The first kappa shape index (κ1) is 13.1. The lowest BCUT2D eigenvalue weighted by atomic mass is 10.1. The van der Waals surface area contributed by atoms with Gasteiger partial charge in [0.1, 0.15) is 0 Å². The number of hydrogen-bond acceptors (Lipinski definition) is 4. The molecule has 1 aromatic carbocycles. The first-order chi connectivity index (χ1) is 8.55. The van der Waals surface area contributed by atoms with Crippen molar-refractivity contribution in [1.82, 2.24) is 0 Å². The third kappa shape index (κ3) is 2.58. The molecule has 0 saturated heterocycles. The number of benzene rings is 1. The van der Waals surface area contributed by atoms with Crippen molar-refractivity contribution < 1.29 is 9.53 Å². The summed E-state index contributed by atoms with van der Waals surface area (Å²) in [5.41, 5.74) is 3.27. The second kappa shape index (κ2) is 5.14. The van der Waals surface area contributed by atoms with E-state index in [1.807, 2.05) is 26.0 Å². The number of hydrogen-bond donors (Lipinski definition) is 0. The highest BCUT2D eigenvalue weighted by molar-refractivity contribution is 8.02. The molecule has 1 unspecified atom stereocenters. The zero-order valence-electron chi connectivity index (χ0n) is 10.9. The fraction of sp³-hybridized carbons (Fsp3) is 0.429. The van der Waals surface area contributed by atoms with Crippen LogP contribution in [-0.2, 0) is 9.53 Å². The maximum atomic E-state index is 11.8. The van der Waals surface area contributed by atoms with Crippen LogP contribution < -0.4 is 0 Å². The van der Waals surface area contributed by atoms with E-state index in [4.69, 9.17) is 4.74 Å². The Hall–Kier alpha value is -1.29. The van der Waals surface area contributed by atoms with Crippen LogP contribution in [0.1, 0.15) is 25.0 Å². The summed E-state index contributed by atoms with van der Waals surface area (Å²) >= 11 is 1.52. The lowest BCUT2D eigenvalue weighted by Gasteiger charge is -2.16. The van der Waals surface area contributed by atoms with Gasteiger partial charge in [0.15, 0.2) is 0 Å². The zero-order valence-corrected chi connectivity index (χ0v) is 11.7. The first-order valence-electron chi connectivity index (χ1n) is 6.02. The van der Waals surface area contributed by atoms with Crippen LogP contribution in [0.2, 0.25) is 0 Å². The minimum absolute atomic E-state index is 0.253. The Morgan fingerprint density at radius 3 is 2.72 bits per heavy atom. The third-order valence-electron chi connectivity index (χ3n) is 2.88. The molecular formula is C14H17NO2S. The summed E-state index contributed by atoms with van der Waals surface area (Å²) in [5, 5.41) is 0. The predicted octanol–water partition coefficient (Wildman–Crippen LogP) is 2.81. The molecule has 0 radical (unpaired) electrons. The molecule has 0 aliphatic carbocycles. The van der Waals surface area contributed by atoms with Crippen molar-refractivity contribution in [3.63, 3.8) is 0 Å². The standard InChI is InChI=1S/C14H17NO2S/c1-4-17-13(16)14(3)15-12(9-18-14)11-7-5-10(2)6-8-11/h5-8H,4,9H2,1-3H3. The van der Waals surface area contributed by atoms with Crippen LogP contribution in [-0.4, -0.2) is 28.9 Å². The van der Waals surface area contributed by atoms with E-state index in [0.29, 0.717) is 6.61 Å². The number of thioether (sulfide) groups is 1. The molecule has 0 bridgehead atoms. The number of esters is 1. The second-order valence-corrected chi connectivity index (χ2v) is 5.79. The summed E-state index contributed by atoms with van der Waals surface area (Å²) in [5.74, 6) is 0.496. The maximum absolute atomic E-state index is 11.8. The highest BCUT2D eigenvalue weighted by atomic mass is 32.2. The Kier molecular flexibility index (Phi) is 3.76. The lowest BCUT2D eigenvalue weighted by molar-refractivity contribution is -0.145. The molecule has 1 aromatic rings. The Morgan fingerprint density at radius 2 is 2.11 bits per heavy atom. The van der Waals surface area contributed by atoms with Gasteiger partial charge in [0.2, 0.25) is 4.87 Å². The smallest absolute Gasteiger partial charge is 0.344 e. The fourth-order valence-corrected chi connectivity index (χ4v) is 2.79. The van der Waals surface area contributed by atoms with Gasteiger partial charge < -0.3 is 4.74 Å². The number of aliphatic imine (C=N–C) groups is 1. The van der Waals surface area contributed by atoms with Crippen molar-refractivity contribution in [1.29, 1.82) is 0 Å². The van der Waals surface area contributed by atoms with Gasteiger partial charge in [-0.1, -0.05) is 29.8 Å². The molecule has 0 saturated carbocycles. The molecule has 18 heavy (non-hydrogen) atoms. The topological polar surface area (TPSA) is 38.7 Å². The van der Waals surface area contributed by atoms with Gasteiger partial charge in [-0.05, 0) is 26.3 Å². The first-order valence-corrected chi connectivity index (χ1v) is 7.00. The third-order valence-corrected chi connectivity index (χ3v) is 4.12. The largest absolute Gasteiger partial charge is 0.464 e. The number of carbonyl (C=O) groups excluding carboxylic acids is 1. The van der Waals surface area contributed by atoms with E-state index in [1.54, 1.807) is 0 Å². The van der Waals surface area contributed by atoms with Crippen LogP contribution in [0.25, 0.3) is 0 Å². The van der Waals surface area contributed by atoms with Gasteiger partial charge in [-0.25, -0.2) is 4.79 Å². The van der Waals surface area contributed by atoms with Crippen molar-refractivity contribution in [3.8, 4) is 0 Å². The van der Waals surface area contributed by atoms with Crippen LogP contribution in [0.3, 0.4) is 0 Å². The molecule has 2 rings (SSSR count). The second-order valence-electron chi connectivity index (χ2n) is 4.42. The van der Waals surface area contributed by atoms with E-state index >= 15 is 0 Å². The van der Waals surface area contributed by atoms with E-state index in [0.717, 1.165) is 17.0 Å². The molecule has 0 fully saturated rings. The van der Waals surface area contributed by atoms with Crippen molar-refractivity contribution in [3.05, 3.63) is 35.4 Å². The Labute approximate surface area is 112 Å². The normalized spacial score (nSPS) is 22.7. The van der Waals surface area contributed by atoms with Crippen LogP contribution in [0.4, 0.5) is 0 Å². The van der Waals surface area contributed by atoms with Crippen LogP contribution >= 0.6 is 11.8 Å². The fourth-order valence-electron chi connectivity index (χ4n) is 1.79. The van der Waals surface area contributed by atoms with Crippen molar-refractivity contribution in [2.24, 2.45) is 4.99 Å². The van der Waals surface area contributed by atoms with E-state index in [9.17, 15) is 4.79 Å². The van der Waals surface area contributed by atoms with E-state index in [2.05, 4.69) is 24.0 Å². The molecule has 1 aliphatic rings. The predicted molar refractivity (Wildman–Crippen MR) is 75.2 cm³/mol. The number of aryl methyl sites for hydroxylation is 1. The number of ether oxygens (including phenoxy) is 1. The molecular weight excluding hydrogens is 246 g/mol. The average molecular weight is 263 g/mol. The minimum Gasteiger partial charge on any atom is -0.464 e. The SMILES string of the molecule is CCOC(=O)C1(C)N=C(c2ccc(C)cc2)CS1. The van der Waals surface area contributed by atoms with Crippen LogP contribution in [0.15, 0.2) is 29.3 Å². The van der Waals surface area contributed by atoms with E-state index in [-0.39, 0.29) is 5.97 Å². The lowest BCUT2D eigenvalue weighted by Crippen LogP contribution is -2.29. The highest BCUT2D eigenvalue weighted by Gasteiger charge is 2.39. The number of carbonyl (C=O) groups is 1. The molecule has 0 aromatic heterocycles. The van der Waals surface area contributed by atoms with Crippen LogP contribution in [0.5, 0.6) is 0 Å². The molecule has 1 aliphatic heterocycles. The summed E-state index contributed by atoms with van der Waals surface area (Å²) < 4.78 is 5.07. The minimum atomic E-state index is -0.782. The molecule has 1 atom stereocenters. The summed E-state index contributed by atoms with van der Waals surface area (Å²) in [6.07, 6.45) is 0. The monoisotopic (exact) mass is 263 g/mol. The number of rotatable bonds is 3. The van der Waals surface area contributed by atoms with Gasteiger partial charge in [0.05, 0.1) is 12.3 Å². The Morgan fingerprint density at radius 1 is 1.44 bits per heavy atom.